The maximum atomic E-state index is 2.62. The molecule has 2 heteroatoms. The zero-order valence-electron chi connectivity index (χ0n) is 13.9. The van der Waals surface area contributed by atoms with E-state index in [0.29, 0.717) is 12.1 Å². The summed E-state index contributed by atoms with van der Waals surface area (Å²) in [5.74, 6) is 0. The zero-order valence-corrected chi connectivity index (χ0v) is 13.9. The van der Waals surface area contributed by atoms with Gasteiger partial charge in [0.05, 0.1) is 0 Å². The first kappa shape index (κ1) is 15.4. The van der Waals surface area contributed by atoms with Crippen LogP contribution in [0.4, 0.5) is 11.4 Å². The number of anilines is 2. The first-order chi connectivity index (χ1) is 10.9. The van der Waals surface area contributed by atoms with Crippen molar-refractivity contribution in [2.75, 3.05) is 18.0 Å². The van der Waals surface area contributed by atoms with Crippen LogP contribution in [0.25, 0.3) is 0 Å². The molecule has 0 bridgehead atoms. The monoisotopic (exact) mass is 296 g/mol. The molecule has 0 N–H and O–H groups in total. The van der Waals surface area contributed by atoms with E-state index in [0.717, 1.165) is 13.1 Å². The van der Waals surface area contributed by atoms with Gasteiger partial charge in [-0.3, -0.25) is 0 Å². The molecular weight excluding hydrogens is 268 g/mol. The molecule has 0 amide bonds. The van der Waals surface area contributed by atoms with Gasteiger partial charge in [0, 0.05) is 19.0 Å². The van der Waals surface area contributed by atoms with Crippen LogP contribution in [0.1, 0.15) is 39.5 Å². The lowest BCUT2D eigenvalue weighted by molar-refractivity contribution is 0.386. The molecule has 2 aliphatic rings. The van der Waals surface area contributed by atoms with Crippen LogP contribution in [0, 0.1) is 0 Å². The highest BCUT2D eigenvalue weighted by Gasteiger charge is 2.44. The van der Waals surface area contributed by atoms with Gasteiger partial charge in [0.1, 0.15) is 18.3 Å². The molecule has 0 saturated carbocycles. The number of allylic oxidation sites excluding steroid dienone is 2. The van der Waals surface area contributed by atoms with Crippen molar-refractivity contribution in [2.45, 2.75) is 51.6 Å². The number of benzene rings is 1. The quantitative estimate of drug-likeness (QED) is 0.689. The Balaban J connectivity index is 1.98. The molecule has 0 saturated heterocycles. The first-order valence-corrected chi connectivity index (χ1v) is 8.84. The van der Waals surface area contributed by atoms with Crippen LogP contribution in [0.15, 0.2) is 48.6 Å². The number of para-hydroxylation sites is 2. The molecule has 2 atom stereocenters. The number of hydrogen-bond donors (Lipinski definition) is 0. The van der Waals surface area contributed by atoms with E-state index in [1.54, 1.807) is 0 Å². The molecule has 22 heavy (non-hydrogen) atoms. The van der Waals surface area contributed by atoms with Gasteiger partial charge < -0.3 is 4.90 Å². The van der Waals surface area contributed by atoms with Crippen LogP contribution in [0.3, 0.4) is 0 Å². The second-order valence-corrected chi connectivity index (χ2v) is 6.33. The lowest BCUT2D eigenvalue weighted by Crippen LogP contribution is -2.56. The van der Waals surface area contributed by atoms with E-state index >= 15 is 0 Å². The zero-order chi connectivity index (χ0) is 15.4. The molecule has 2 nitrogen and oxygen atoms in total. The second-order valence-electron chi connectivity index (χ2n) is 6.33. The molecule has 1 heterocycles. The summed E-state index contributed by atoms with van der Waals surface area (Å²) < 4.78 is 0. The van der Waals surface area contributed by atoms with Gasteiger partial charge in [-0.2, -0.15) is 0 Å². The van der Waals surface area contributed by atoms with Crippen LogP contribution >= 0.6 is 0 Å². The van der Waals surface area contributed by atoms with Gasteiger partial charge in [-0.25, -0.2) is 0 Å². The van der Waals surface area contributed by atoms with Crippen molar-refractivity contribution >= 4 is 11.4 Å². The SMILES string of the molecule is CCCCN1c2ccccc2[N+](CCCC)C2C=CC=CC21. The molecule has 1 aromatic carbocycles. The molecule has 2 unspecified atom stereocenters. The first-order valence-electron chi connectivity index (χ1n) is 8.84. The summed E-state index contributed by atoms with van der Waals surface area (Å²) in [6, 6.07) is 9.90. The molecule has 1 aliphatic carbocycles. The van der Waals surface area contributed by atoms with Crippen molar-refractivity contribution in [1.82, 2.24) is 4.90 Å². The Morgan fingerprint density at radius 1 is 1.00 bits per heavy atom. The van der Waals surface area contributed by atoms with E-state index in [-0.39, 0.29) is 0 Å². The summed E-state index contributed by atoms with van der Waals surface area (Å²) in [7, 11) is 0. The van der Waals surface area contributed by atoms with Crippen molar-refractivity contribution < 1.29 is 0 Å². The normalized spacial score (nSPS) is 23.5. The van der Waals surface area contributed by atoms with Gasteiger partial charge in [0.2, 0.25) is 5.69 Å². The van der Waals surface area contributed by atoms with E-state index in [9.17, 15) is 0 Å². The van der Waals surface area contributed by atoms with Crippen molar-refractivity contribution in [1.29, 1.82) is 0 Å². The average Bonchev–Trinajstić information content (AvgIpc) is 2.58. The Labute approximate surface area is 135 Å². The lowest BCUT2D eigenvalue weighted by Gasteiger charge is -2.42. The lowest BCUT2D eigenvalue weighted by atomic mass is 9.93. The maximum Gasteiger partial charge on any atom is 0.204 e. The van der Waals surface area contributed by atoms with Crippen molar-refractivity contribution in [2.24, 2.45) is 0 Å². The van der Waals surface area contributed by atoms with Gasteiger partial charge >= 0.3 is 0 Å². The minimum atomic E-state index is 0.475. The van der Waals surface area contributed by atoms with E-state index < -0.39 is 0 Å². The van der Waals surface area contributed by atoms with Crippen molar-refractivity contribution in [3.05, 3.63) is 48.6 Å². The largest absolute Gasteiger partial charge is 0.354 e. The van der Waals surface area contributed by atoms with Crippen LogP contribution in [-0.2, 0) is 0 Å². The van der Waals surface area contributed by atoms with Crippen LogP contribution in [0.2, 0.25) is 0 Å². The average molecular weight is 296 g/mol. The van der Waals surface area contributed by atoms with E-state index in [1.807, 2.05) is 0 Å². The highest BCUT2D eigenvalue weighted by Crippen LogP contribution is 2.39. The van der Waals surface area contributed by atoms with E-state index in [4.69, 9.17) is 0 Å². The highest BCUT2D eigenvalue weighted by atomic mass is 15.3. The molecular formula is C20H28N2+. The van der Waals surface area contributed by atoms with E-state index in [1.165, 1.54) is 37.1 Å². The van der Waals surface area contributed by atoms with Crippen molar-refractivity contribution in [3.63, 3.8) is 0 Å². The molecule has 117 valence electrons. The smallest absolute Gasteiger partial charge is 0.204 e. The molecule has 1 aromatic rings. The number of unbranched alkanes of at least 4 members (excludes halogenated alkanes) is 2. The third-order valence-electron chi connectivity index (χ3n) is 4.80. The van der Waals surface area contributed by atoms with Gasteiger partial charge in [-0.05, 0) is 18.6 Å². The Morgan fingerprint density at radius 2 is 1.77 bits per heavy atom. The predicted molar refractivity (Wildman–Crippen MR) is 96.1 cm³/mol. The molecule has 0 spiro atoms. The van der Waals surface area contributed by atoms with Gasteiger partial charge in [0.15, 0.2) is 6.04 Å². The fourth-order valence-corrected chi connectivity index (χ4v) is 3.63. The van der Waals surface area contributed by atoms with Gasteiger partial charge in [-0.15, -0.1) is 4.90 Å². The van der Waals surface area contributed by atoms with Crippen LogP contribution in [0.5, 0.6) is 0 Å². The summed E-state index contributed by atoms with van der Waals surface area (Å²) in [5, 5.41) is 0. The number of rotatable bonds is 6. The maximum absolute atomic E-state index is 2.62. The minimum Gasteiger partial charge on any atom is -0.354 e. The standard InChI is InChI=1S/C20H28N2/c1-3-5-15-21-17-11-7-9-13-19(17)22(16-6-4-2)20-14-10-8-12-18(20)21/h7-14,17,19H,3-6,15-16H2,1-2H3/q+1. The molecule has 3 rings (SSSR count). The summed E-state index contributed by atoms with van der Waals surface area (Å²) in [6.45, 7) is 6.85. The van der Waals surface area contributed by atoms with Gasteiger partial charge in [-0.1, -0.05) is 57.0 Å². The Bertz CT molecular complexity index is 497. The molecule has 1 aliphatic heterocycles. The van der Waals surface area contributed by atoms with Gasteiger partial charge in [0.25, 0.3) is 0 Å². The third-order valence-corrected chi connectivity index (χ3v) is 4.80. The third kappa shape index (κ3) is 2.85. The fourth-order valence-electron chi connectivity index (χ4n) is 3.63. The second kappa shape index (κ2) is 7.15. The fraction of sp³-hybridized carbons (Fsp3) is 0.500. The molecule has 1 radical (unpaired) electrons. The summed E-state index contributed by atoms with van der Waals surface area (Å²) in [4.78, 5) is 5.23. The predicted octanol–water partition coefficient (Wildman–Crippen LogP) is 4.74. The molecule has 0 fully saturated rings. The van der Waals surface area contributed by atoms with E-state index in [2.05, 4.69) is 72.2 Å². The Hall–Kier alpha value is -1.54. The summed E-state index contributed by atoms with van der Waals surface area (Å²) in [5.41, 5.74) is 2.82. The van der Waals surface area contributed by atoms with Crippen LogP contribution < -0.4 is 9.80 Å². The topological polar surface area (TPSA) is 9.14 Å². The van der Waals surface area contributed by atoms with Crippen LogP contribution in [-0.4, -0.2) is 25.2 Å². The van der Waals surface area contributed by atoms with Crippen molar-refractivity contribution in [3.8, 4) is 0 Å². The highest BCUT2D eigenvalue weighted by molar-refractivity contribution is 5.72. The Kier molecular flexibility index (Phi) is 4.99. The number of nitrogens with zero attached hydrogens (tertiary/aromatic N) is 2. The number of hydrogen-bond acceptors (Lipinski definition) is 2. The summed E-state index contributed by atoms with van der Waals surface area (Å²) in [6.07, 6.45) is 14.2. The molecule has 0 aromatic heterocycles. The minimum absolute atomic E-state index is 0.475. The number of fused-ring (bicyclic) bond motifs is 2. The Morgan fingerprint density at radius 3 is 2.59 bits per heavy atom. The summed E-state index contributed by atoms with van der Waals surface area (Å²) >= 11 is 0.